The van der Waals surface area contributed by atoms with Crippen molar-refractivity contribution in [3.8, 4) is 0 Å². The summed E-state index contributed by atoms with van der Waals surface area (Å²) in [7, 11) is 0. The van der Waals surface area contributed by atoms with Crippen molar-refractivity contribution < 1.29 is 9.90 Å². The first-order valence-corrected chi connectivity index (χ1v) is 5.72. The molecule has 2 heterocycles. The van der Waals surface area contributed by atoms with E-state index >= 15 is 0 Å². The molecule has 3 N–H and O–H groups in total. The molecule has 0 bridgehead atoms. The fourth-order valence-corrected chi connectivity index (χ4v) is 2.53. The third-order valence-electron chi connectivity index (χ3n) is 2.52. The largest absolute Gasteiger partial charge is 0.480 e. The zero-order valence-electron chi connectivity index (χ0n) is 7.80. The molecular formula is C8H13N3O2S. The van der Waals surface area contributed by atoms with Crippen molar-refractivity contribution in [1.82, 2.24) is 15.8 Å². The zero-order valence-corrected chi connectivity index (χ0v) is 8.62. The van der Waals surface area contributed by atoms with E-state index < -0.39 is 12.0 Å². The van der Waals surface area contributed by atoms with E-state index in [9.17, 15) is 4.79 Å². The van der Waals surface area contributed by atoms with E-state index in [1.54, 1.807) is 11.8 Å². The molecule has 2 aliphatic heterocycles. The molecule has 6 heteroatoms. The molecule has 0 radical (unpaired) electrons. The third-order valence-corrected chi connectivity index (χ3v) is 3.55. The highest BCUT2D eigenvalue weighted by Crippen LogP contribution is 2.21. The second-order valence-corrected chi connectivity index (χ2v) is 4.42. The van der Waals surface area contributed by atoms with Crippen LogP contribution in [0.4, 0.5) is 0 Å². The highest BCUT2D eigenvalue weighted by Gasteiger charge is 2.38. The number of rotatable bonds is 2. The summed E-state index contributed by atoms with van der Waals surface area (Å²) in [4.78, 5) is 11.0. The Labute approximate surface area is 86.5 Å². The van der Waals surface area contributed by atoms with E-state index in [1.165, 1.54) is 0 Å². The number of thioether (sulfide) groups is 1. The molecular weight excluding hydrogens is 202 g/mol. The minimum Gasteiger partial charge on any atom is -0.480 e. The Kier molecular flexibility index (Phi) is 2.66. The van der Waals surface area contributed by atoms with Gasteiger partial charge >= 0.3 is 5.97 Å². The normalized spacial score (nSPS) is 36.5. The van der Waals surface area contributed by atoms with Gasteiger partial charge in [-0.15, -0.1) is 0 Å². The number of carboxylic acid groups (broad SMARTS) is 1. The van der Waals surface area contributed by atoms with Gasteiger partial charge in [-0.1, -0.05) is 0 Å². The van der Waals surface area contributed by atoms with Crippen LogP contribution in [0.5, 0.6) is 0 Å². The van der Waals surface area contributed by atoms with Gasteiger partial charge in [-0.3, -0.25) is 10.1 Å². The quantitative estimate of drug-likeness (QED) is 0.573. The Hall–Kier alpha value is -0.720. The van der Waals surface area contributed by atoms with Crippen LogP contribution in [0.25, 0.3) is 0 Å². The molecule has 0 aliphatic carbocycles. The van der Waals surface area contributed by atoms with Crippen LogP contribution in [0.1, 0.15) is 0 Å². The van der Waals surface area contributed by atoms with Crippen LogP contribution < -0.4 is 10.7 Å². The number of carboxylic acids is 1. The van der Waals surface area contributed by atoms with Crippen LogP contribution in [0.2, 0.25) is 0 Å². The summed E-state index contributed by atoms with van der Waals surface area (Å²) in [5, 5.41) is 14.2. The predicted molar refractivity (Wildman–Crippen MR) is 54.6 cm³/mol. The predicted octanol–water partition coefficient (Wildman–Crippen LogP) is -0.566. The molecule has 3 atom stereocenters. The minimum atomic E-state index is -0.774. The van der Waals surface area contributed by atoms with Crippen molar-refractivity contribution in [2.45, 2.75) is 17.5 Å². The summed E-state index contributed by atoms with van der Waals surface area (Å²) in [6.45, 7) is 0.739. The van der Waals surface area contributed by atoms with Gasteiger partial charge in [0, 0.05) is 18.0 Å². The van der Waals surface area contributed by atoms with Crippen molar-refractivity contribution in [3.05, 3.63) is 12.3 Å². The van der Waals surface area contributed by atoms with E-state index in [0.717, 1.165) is 6.54 Å². The highest BCUT2D eigenvalue weighted by molar-refractivity contribution is 7.99. The van der Waals surface area contributed by atoms with Gasteiger partial charge in [0.1, 0.15) is 6.04 Å². The van der Waals surface area contributed by atoms with Crippen molar-refractivity contribution in [2.75, 3.05) is 12.8 Å². The molecule has 0 aromatic rings. The number of nitrogens with one attached hydrogen (secondary N) is 2. The Morgan fingerprint density at radius 3 is 3.14 bits per heavy atom. The van der Waals surface area contributed by atoms with Gasteiger partial charge in [-0.25, -0.2) is 5.01 Å². The minimum absolute atomic E-state index is 0.0134. The summed E-state index contributed by atoms with van der Waals surface area (Å²) in [6.07, 6.45) is 5.71. The average molecular weight is 215 g/mol. The first kappa shape index (κ1) is 9.82. The number of nitrogens with zero attached hydrogens (tertiary/aromatic N) is 1. The van der Waals surface area contributed by atoms with Gasteiger partial charge in [0.25, 0.3) is 0 Å². The van der Waals surface area contributed by atoms with Crippen molar-refractivity contribution in [2.24, 2.45) is 0 Å². The van der Waals surface area contributed by atoms with Gasteiger partial charge in [0.05, 0.1) is 6.17 Å². The van der Waals surface area contributed by atoms with Gasteiger partial charge in [0.15, 0.2) is 0 Å². The highest BCUT2D eigenvalue weighted by atomic mass is 32.2. The van der Waals surface area contributed by atoms with Crippen LogP contribution in [-0.2, 0) is 4.79 Å². The summed E-state index contributed by atoms with van der Waals surface area (Å²) < 4.78 is 0. The molecule has 14 heavy (non-hydrogen) atoms. The molecule has 78 valence electrons. The molecule has 0 aromatic heterocycles. The zero-order chi connectivity index (χ0) is 10.1. The number of fused-ring (bicyclic) bond motifs is 1. The van der Waals surface area contributed by atoms with E-state index in [2.05, 4.69) is 10.7 Å². The molecule has 0 spiro atoms. The molecule has 1 saturated heterocycles. The summed E-state index contributed by atoms with van der Waals surface area (Å²) >= 11 is 1.58. The number of hydrogen-bond donors (Lipinski definition) is 3. The molecule has 1 fully saturated rings. The number of aliphatic carboxylic acids is 1. The van der Waals surface area contributed by atoms with Crippen LogP contribution in [-0.4, -0.2) is 46.3 Å². The topological polar surface area (TPSA) is 64.6 Å². The number of carbonyl (C=O) groups is 1. The van der Waals surface area contributed by atoms with E-state index in [4.69, 9.17) is 5.11 Å². The lowest BCUT2D eigenvalue weighted by Crippen LogP contribution is -2.63. The molecule has 0 saturated carbocycles. The van der Waals surface area contributed by atoms with Crippen LogP contribution in [0.15, 0.2) is 12.3 Å². The lowest BCUT2D eigenvalue weighted by Gasteiger charge is -2.38. The Morgan fingerprint density at radius 1 is 1.71 bits per heavy atom. The van der Waals surface area contributed by atoms with Gasteiger partial charge in [-0.05, 0) is 12.3 Å². The first-order valence-electron chi connectivity index (χ1n) is 4.43. The smallest absolute Gasteiger partial charge is 0.321 e. The monoisotopic (exact) mass is 215 g/mol. The third kappa shape index (κ3) is 1.60. The fourth-order valence-electron chi connectivity index (χ4n) is 1.76. The summed E-state index contributed by atoms with van der Waals surface area (Å²) in [5.74, 6) is -0.774. The summed E-state index contributed by atoms with van der Waals surface area (Å²) in [5.41, 5.74) is 3.07. The van der Waals surface area contributed by atoms with Gasteiger partial charge in [-0.2, -0.15) is 11.8 Å². The average Bonchev–Trinajstić information content (AvgIpc) is 2.62. The van der Waals surface area contributed by atoms with Gasteiger partial charge < -0.3 is 10.5 Å². The summed E-state index contributed by atoms with van der Waals surface area (Å²) in [6, 6.07) is -0.462. The fraction of sp³-hybridized carbons (Fsp3) is 0.625. The molecule has 2 aliphatic rings. The Morgan fingerprint density at radius 2 is 2.50 bits per heavy atom. The maximum absolute atomic E-state index is 11.0. The SMILES string of the molecule is CSC1CN2NC=CC2NC1C(=O)O. The molecule has 2 rings (SSSR count). The Balaban J connectivity index is 2.09. The maximum Gasteiger partial charge on any atom is 0.321 e. The van der Waals surface area contributed by atoms with Crippen LogP contribution in [0, 0.1) is 0 Å². The van der Waals surface area contributed by atoms with Crippen LogP contribution >= 0.6 is 11.8 Å². The molecule has 5 nitrogen and oxygen atoms in total. The van der Waals surface area contributed by atoms with Crippen molar-refractivity contribution >= 4 is 17.7 Å². The van der Waals surface area contributed by atoms with E-state index in [0.29, 0.717) is 0 Å². The van der Waals surface area contributed by atoms with Gasteiger partial charge in [0.2, 0.25) is 0 Å². The van der Waals surface area contributed by atoms with E-state index in [1.807, 2.05) is 23.5 Å². The lowest BCUT2D eigenvalue weighted by atomic mass is 10.1. The van der Waals surface area contributed by atoms with Crippen LogP contribution in [0.3, 0.4) is 0 Å². The second kappa shape index (κ2) is 3.80. The van der Waals surface area contributed by atoms with Crippen molar-refractivity contribution in [3.63, 3.8) is 0 Å². The Bertz CT molecular complexity index is 271. The maximum atomic E-state index is 11.0. The van der Waals surface area contributed by atoms with E-state index in [-0.39, 0.29) is 11.4 Å². The lowest BCUT2D eigenvalue weighted by molar-refractivity contribution is -0.141. The standard InChI is InChI=1S/C8H13N3O2S/c1-14-5-4-11-6(2-3-9-11)10-7(5)8(12)13/h2-3,5-7,9-10H,4H2,1H3,(H,12,13). The number of hydrazine groups is 1. The van der Waals surface area contributed by atoms with Crippen molar-refractivity contribution in [1.29, 1.82) is 0 Å². The second-order valence-electron chi connectivity index (χ2n) is 3.34. The molecule has 0 amide bonds. The molecule has 0 aromatic carbocycles. The first-order chi connectivity index (χ1) is 6.72. The number of hydrogen-bond acceptors (Lipinski definition) is 5. The molecule has 3 unspecified atom stereocenters.